The molecule has 32 heavy (non-hydrogen) atoms. The third-order valence-corrected chi connectivity index (χ3v) is 5.63. The first-order valence-electron chi connectivity index (χ1n) is 12.6. The second kappa shape index (κ2) is 22.3. The molecule has 0 heterocycles. The van der Waals surface area contributed by atoms with E-state index in [9.17, 15) is 14.4 Å². The minimum Gasteiger partial charge on any atom is -0.469 e. The smallest absolute Gasteiger partial charge is 0.307 e. The van der Waals surface area contributed by atoms with Crippen LogP contribution < -0.4 is 0 Å². The van der Waals surface area contributed by atoms with E-state index in [0.29, 0.717) is 6.42 Å². The minimum atomic E-state index is -0.359. The number of esters is 2. The summed E-state index contributed by atoms with van der Waals surface area (Å²) in [6.45, 7) is 2.79. The lowest BCUT2D eigenvalue weighted by Gasteiger charge is -2.22. The lowest BCUT2D eigenvalue weighted by atomic mass is 10.1. The Hall–Kier alpha value is -1.85. The average molecular weight is 454 g/mol. The van der Waals surface area contributed by atoms with Crippen molar-refractivity contribution in [3.63, 3.8) is 0 Å². The summed E-state index contributed by atoms with van der Waals surface area (Å²) < 4.78 is 9.29. The van der Waals surface area contributed by atoms with Crippen molar-refractivity contribution in [1.29, 1.82) is 0 Å². The highest BCUT2D eigenvalue weighted by molar-refractivity contribution is 5.78. The number of unbranched alkanes of at least 4 members (excludes halogenated alkanes) is 11. The van der Waals surface area contributed by atoms with Crippen molar-refractivity contribution in [3.8, 4) is 0 Å². The van der Waals surface area contributed by atoms with Crippen molar-refractivity contribution in [3.05, 3.63) is 12.2 Å². The predicted octanol–water partition coefficient (Wildman–Crippen LogP) is 5.98. The van der Waals surface area contributed by atoms with Crippen molar-refractivity contribution in [2.75, 3.05) is 27.3 Å². The summed E-state index contributed by atoms with van der Waals surface area (Å²) in [5, 5.41) is 0. The van der Waals surface area contributed by atoms with Crippen LogP contribution in [0, 0.1) is 0 Å². The van der Waals surface area contributed by atoms with Crippen molar-refractivity contribution >= 4 is 17.8 Å². The monoisotopic (exact) mass is 453 g/mol. The van der Waals surface area contributed by atoms with Gasteiger partial charge in [0.25, 0.3) is 0 Å². The molecular formula is C26H47NO5. The third-order valence-electron chi connectivity index (χ3n) is 5.63. The maximum absolute atomic E-state index is 12.5. The standard InChI is InChI=1S/C26H47NO5/c1-4-5-6-7-8-9-10-11-12-13-14-15-16-17-18-19-24(28)27(22-20-25(29)31-2)23-21-26(30)32-3/h11-12H,4-10,13-23H2,1-3H3/b12-11-. The molecule has 0 fully saturated rings. The average Bonchev–Trinajstić information content (AvgIpc) is 2.80. The topological polar surface area (TPSA) is 72.9 Å². The molecule has 0 saturated carbocycles. The van der Waals surface area contributed by atoms with Crippen molar-refractivity contribution in [1.82, 2.24) is 4.90 Å². The first-order chi connectivity index (χ1) is 15.5. The maximum atomic E-state index is 12.5. The summed E-state index contributed by atoms with van der Waals surface area (Å²) in [5.74, 6) is -0.737. The predicted molar refractivity (Wildman–Crippen MR) is 129 cm³/mol. The van der Waals surface area contributed by atoms with Crippen LogP contribution in [0.1, 0.15) is 110 Å². The van der Waals surface area contributed by atoms with Crippen LogP contribution in [-0.4, -0.2) is 50.1 Å². The molecule has 186 valence electrons. The molecule has 0 spiro atoms. The Bertz CT molecular complexity index is 498. The van der Waals surface area contributed by atoms with E-state index < -0.39 is 0 Å². The summed E-state index contributed by atoms with van der Waals surface area (Å²) in [6.07, 6.45) is 21.2. The van der Waals surface area contributed by atoms with Crippen LogP contribution in [0.3, 0.4) is 0 Å². The molecule has 0 bridgehead atoms. The fourth-order valence-corrected chi connectivity index (χ4v) is 3.52. The van der Waals surface area contributed by atoms with Crippen molar-refractivity contribution in [2.24, 2.45) is 0 Å². The summed E-state index contributed by atoms with van der Waals surface area (Å²) in [5.41, 5.74) is 0. The van der Waals surface area contributed by atoms with E-state index in [-0.39, 0.29) is 43.8 Å². The zero-order valence-electron chi connectivity index (χ0n) is 20.9. The van der Waals surface area contributed by atoms with Gasteiger partial charge >= 0.3 is 11.9 Å². The van der Waals surface area contributed by atoms with Gasteiger partial charge in [0, 0.05) is 19.5 Å². The SMILES string of the molecule is CCCCCCCC/C=C\CCCCCCCC(=O)N(CCC(=O)OC)CCC(=O)OC. The Balaban J connectivity index is 3.83. The minimum absolute atomic E-state index is 0.0181. The number of ether oxygens (including phenoxy) is 2. The lowest BCUT2D eigenvalue weighted by Crippen LogP contribution is -2.35. The van der Waals surface area contributed by atoms with Gasteiger partial charge in [0.15, 0.2) is 0 Å². The number of hydrogen-bond donors (Lipinski definition) is 0. The molecule has 0 atom stereocenters. The number of nitrogens with zero attached hydrogens (tertiary/aromatic N) is 1. The first-order valence-corrected chi connectivity index (χ1v) is 12.6. The van der Waals surface area contributed by atoms with Crippen LogP contribution in [0.5, 0.6) is 0 Å². The zero-order valence-corrected chi connectivity index (χ0v) is 20.9. The Morgan fingerprint density at radius 3 is 1.53 bits per heavy atom. The summed E-state index contributed by atoms with van der Waals surface area (Å²) >= 11 is 0. The molecular weight excluding hydrogens is 406 g/mol. The van der Waals surface area contributed by atoms with Gasteiger partial charge in [0.1, 0.15) is 0 Å². The number of hydrogen-bond acceptors (Lipinski definition) is 5. The van der Waals surface area contributed by atoms with Gasteiger partial charge in [0.2, 0.25) is 5.91 Å². The number of allylic oxidation sites excluding steroid dienone is 2. The van der Waals surface area contributed by atoms with Gasteiger partial charge in [-0.1, -0.05) is 70.4 Å². The summed E-state index contributed by atoms with van der Waals surface area (Å²) in [7, 11) is 2.66. The van der Waals surface area contributed by atoms with Crippen LogP contribution in [0.2, 0.25) is 0 Å². The van der Waals surface area contributed by atoms with Crippen molar-refractivity contribution in [2.45, 2.75) is 110 Å². The molecule has 0 aliphatic heterocycles. The Kier molecular flexibility index (Phi) is 21.1. The molecule has 6 heteroatoms. The number of rotatable bonds is 21. The van der Waals surface area contributed by atoms with Gasteiger partial charge in [-0.25, -0.2) is 0 Å². The highest BCUT2D eigenvalue weighted by Gasteiger charge is 2.16. The molecule has 0 unspecified atom stereocenters. The van der Waals surface area contributed by atoms with Gasteiger partial charge < -0.3 is 14.4 Å². The maximum Gasteiger partial charge on any atom is 0.307 e. The molecule has 0 radical (unpaired) electrons. The van der Waals surface area contributed by atoms with E-state index in [2.05, 4.69) is 28.5 Å². The Labute approximate surface area is 196 Å². The van der Waals surface area contributed by atoms with Gasteiger partial charge in [0.05, 0.1) is 27.1 Å². The molecule has 6 nitrogen and oxygen atoms in total. The van der Waals surface area contributed by atoms with E-state index in [4.69, 9.17) is 0 Å². The zero-order chi connectivity index (χ0) is 23.9. The number of amides is 1. The normalized spacial score (nSPS) is 11.0. The van der Waals surface area contributed by atoms with Crippen molar-refractivity contribution < 1.29 is 23.9 Å². The number of carbonyl (C=O) groups is 3. The fraction of sp³-hybridized carbons (Fsp3) is 0.808. The third kappa shape index (κ3) is 18.9. The molecule has 1 amide bonds. The highest BCUT2D eigenvalue weighted by atomic mass is 16.5. The Morgan fingerprint density at radius 2 is 1.06 bits per heavy atom. The largest absolute Gasteiger partial charge is 0.469 e. The molecule has 0 aromatic heterocycles. The first kappa shape index (κ1) is 30.1. The van der Waals surface area contributed by atoms with Crippen LogP contribution in [-0.2, 0) is 23.9 Å². The van der Waals surface area contributed by atoms with Gasteiger partial charge in [-0.05, 0) is 32.1 Å². The van der Waals surface area contributed by atoms with Crippen LogP contribution in [0.4, 0.5) is 0 Å². The van der Waals surface area contributed by atoms with Gasteiger partial charge in [-0.2, -0.15) is 0 Å². The van der Waals surface area contributed by atoms with Crippen LogP contribution in [0.15, 0.2) is 12.2 Å². The van der Waals surface area contributed by atoms with E-state index in [1.165, 1.54) is 72.0 Å². The quantitative estimate of drug-likeness (QED) is 0.121. The van der Waals surface area contributed by atoms with Crippen LogP contribution in [0.25, 0.3) is 0 Å². The molecule has 0 N–H and O–H groups in total. The van der Waals surface area contributed by atoms with E-state index in [1.807, 2.05) is 0 Å². The molecule has 0 aromatic carbocycles. The van der Waals surface area contributed by atoms with E-state index >= 15 is 0 Å². The second-order valence-corrected chi connectivity index (χ2v) is 8.37. The number of carbonyl (C=O) groups excluding carboxylic acids is 3. The van der Waals surface area contributed by atoms with E-state index in [0.717, 1.165) is 25.7 Å². The second-order valence-electron chi connectivity index (χ2n) is 8.37. The molecule has 0 aliphatic carbocycles. The molecule has 0 aliphatic rings. The molecule has 0 rings (SSSR count). The fourth-order valence-electron chi connectivity index (χ4n) is 3.52. The Morgan fingerprint density at radius 1 is 0.625 bits per heavy atom. The molecule has 0 saturated heterocycles. The van der Waals surface area contributed by atoms with E-state index in [1.54, 1.807) is 4.90 Å². The summed E-state index contributed by atoms with van der Waals surface area (Å²) in [4.78, 5) is 36.8. The van der Waals surface area contributed by atoms with Gasteiger partial charge in [-0.3, -0.25) is 14.4 Å². The summed E-state index contributed by atoms with van der Waals surface area (Å²) in [6, 6.07) is 0. The van der Waals surface area contributed by atoms with Gasteiger partial charge in [-0.15, -0.1) is 0 Å². The molecule has 0 aromatic rings. The van der Waals surface area contributed by atoms with Crippen LogP contribution >= 0.6 is 0 Å². The highest BCUT2D eigenvalue weighted by Crippen LogP contribution is 2.11. The lowest BCUT2D eigenvalue weighted by molar-refractivity contribution is -0.142. The number of methoxy groups -OCH3 is 2.